The van der Waals surface area contributed by atoms with E-state index in [1.807, 2.05) is 6.07 Å². The van der Waals surface area contributed by atoms with Gasteiger partial charge in [-0.2, -0.15) is 0 Å². The van der Waals surface area contributed by atoms with Gasteiger partial charge in [-0.1, -0.05) is 19.1 Å². The third-order valence-electron chi connectivity index (χ3n) is 4.02. The zero-order valence-electron chi connectivity index (χ0n) is 13.0. The van der Waals surface area contributed by atoms with Gasteiger partial charge in [-0.25, -0.2) is 4.39 Å². The average Bonchev–Trinajstić information content (AvgIpc) is 2.64. The molecule has 23 heavy (non-hydrogen) atoms. The summed E-state index contributed by atoms with van der Waals surface area (Å²) < 4.78 is 13.3. The number of anilines is 2. The van der Waals surface area contributed by atoms with Crippen LogP contribution >= 0.6 is 0 Å². The predicted molar refractivity (Wildman–Crippen MR) is 87.0 cm³/mol. The van der Waals surface area contributed by atoms with Crippen molar-refractivity contribution in [3.63, 3.8) is 0 Å². The lowest BCUT2D eigenvalue weighted by atomic mass is 10.1. The molecule has 1 heterocycles. The molecule has 1 atom stereocenters. The maximum atomic E-state index is 13.3. The lowest BCUT2D eigenvalue weighted by Gasteiger charge is -2.24. The Labute approximate surface area is 133 Å². The number of carbonyl (C=O) groups excluding carboxylic acids is 2. The minimum absolute atomic E-state index is 0.122. The first-order valence-corrected chi connectivity index (χ1v) is 7.45. The summed E-state index contributed by atoms with van der Waals surface area (Å²) in [6, 6.07) is 11.3. The molecule has 2 amide bonds. The summed E-state index contributed by atoms with van der Waals surface area (Å²) in [6.07, 6.45) is 0. The highest BCUT2D eigenvalue weighted by molar-refractivity contribution is 6.11. The summed E-state index contributed by atoms with van der Waals surface area (Å²) in [5.74, 6) is -1.07. The average molecular weight is 312 g/mol. The minimum Gasteiger partial charge on any atom is -0.324 e. The molecule has 1 aliphatic rings. The van der Waals surface area contributed by atoms with E-state index in [0.717, 1.165) is 0 Å². The molecule has 0 saturated carbocycles. The molecule has 0 bridgehead atoms. The van der Waals surface area contributed by atoms with E-state index in [-0.39, 0.29) is 30.1 Å². The summed E-state index contributed by atoms with van der Waals surface area (Å²) in [5, 5.41) is 2.84. The number of rotatable bonds is 1. The number of amides is 2. The van der Waals surface area contributed by atoms with Gasteiger partial charge in [0.05, 0.1) is 17.3 Å². The largest absolute Gasteiger partial charge is 0.324 e. The summed E-state index contributed by atoms with van der Waals surface area (Å²) in [4.78, 5) is 26.6. The fourth-order valence-corrected chi connectivity index (χ4v) is 2.73. The van der Waals surface area contributed by atoms with E-state index in [4.69, 9.17) is 0 Å². The Kier molecular flexibility index (Phi) is 3.86. The van der Waals surface area contributed by atoms with E-state index in [0.29, 0.717) is 22.5 Å². The summed E-state index contributed by atoms with van der Waals surface area (Å²) in [5.41, 5.74) is 2.26. The quantitative estimate of drug-likeness (QED) is 0.877. The van der Waals surface area contributed by atoms with E-state index < -0.39 is 0 Å². The zero-order chi connectivity index (χ0) is 16.6. The second kappa shape index (κ2) is 5.83. The van der Waals surface area contributed by atoms with Crippen LogP contribution in [0.1, 0.15) is 22.8 Å². The van der Waals surface area contributed by atoms with Crippen LogP contribution in [0.3, 0.4) is 0 Å². The number of carbonyl (C=O) groups is 2. The van der Waals surface area contributed by atoms with Gasteiger partial charge in [0.15, 0.2) is 0 Å². The van der Waals surface area contributed by atoms with Crippen molar-refractivity contribution in [2.24, 2.45) is 5.92 Å². The molecule has 0 unspecified atom stereocenters. The van der Waals surface area contributed by atoms with Gasteiger partial charge in [-0.15, -0.1) is 0 Å². The van der Waals surface area contributed by atoms with Gasteiger partial charge in [-0.05, 0) is 42.8 Å². The van der Waals surface area contributed by atoms with E-state index in [9.17, 15) is 14.0 Å². The summed E-state index contributed by atoms with van der Waals surface area (Å²) in [6.45, 7) is 3.75. The van der Waals surface area contributed by atoms with Crippen LogP contribution in [-0.4, -0.2) is 18.4 Å². The molecule has 5 heteroatoms. The molecule has 1 N–H and O–H groups in total. The molecular formula is C18H17FN2O2. The first-order chi connectivity index (χ1) is 11.0. The molecule has 0 aromatic heterocycles. The monoisotopic (exact) mass is 312 g/mol. The number of nitrogens with zero attached hydrogens (tertiary/aromatic N) is 1. The van der Waals surface area contributed by atoms with Gasteiger partial charge < -0.3 is 10.2 Å². The van der Waals surface area contributed by atoms with Crippen molar-refractivity contribution in [2.75, 3.05) is 16.8 Å². The van der Waals surface area contributed by atoms with Crippen molar-refractivity contribution in [3.05, 3.63) is 59.4 Å². The smallest absolute Gasteiger partial charge is 0.258 e. The van der Waals surface area contributed by atoms with Crippen molar-refractivity contribution in [2.45, 2.75) is 13.8 Å². The van der Waals surface area contributed by atoms with Crippen LogP contribution in [0.2, 0.25) is 0 Å². The standard InChI is InChI=1S/C18H17FN2O2/c1-11-9-13(19)7-8-14(11)18(23)21-10-12(2)17(22)20-15-5-3-4-6-16(15)21/h3-9,12H,10H2,1-2H3,(H,20,22)/t12-/m0/s1. The van der Waals surface area contributed by atoms with Crippen molar-refractivity contribution in [3.8, 4) is 0 Å². The van der Waals surface area contributed by atoms with Gasteiger partial charge in [0.2, 0.25) is 5.91 Å². The van der Waals surface area contributed by atoms with Crippen molar-refractivity contribution < 1.29 is 14.0 Å². The molecule has 118 valence electrons. The maximum Gasteiger partial charge on any atom is 0.258 e. The molecular weight excluding hydrogens is 295 g/mol. The number of benzene rings is 2. The molecule has 2 aromatic carbocycles. The Hall–Kier alpha value is -2.69. The maximum absolute atomic E-state index is 13.3. The van der Waals surface area contributed by atoms with Gasteiger partial charge in [0.1, 0.15) is 5.82 Å². The lowest BCUT2D eigenvalue weighted by molar-refractivity contribution is -0.119. The number of fused-ring (bicyclic) bond motifs is 1. The van der Waals surface area contributed by atoms with Gasteiger partial charge >= 0.3 is 0 Å². The third-order valence-corrected chi connectivity index (χ3v) is 4.02. The number of nitrogens with one attached hydrogen (secondary N) is 1. The fourth-order valence-electron chi connectivity index (χ4n) is 2.73. The van der Waals surface area contributed by atoms with Gasteiger partial charge in [-0.3, -0.25) is 9.59 Å². The Morgan fingerprint density at radius 2 is 2.00 bits per heavy atom. The molecule has 3 rings (SSSR count). The number of hydrogen-bond donors (Lipinski definition) is 1. The Balaban J connectivity index is 2.06. The molecule has 4 nitrogen and oxygen atoms in total. The Bertz CT molecular complexity index is 788. The van der Waals surface area contributed by atoms with E-state index in [2.05, 4.69) is 5.32 Å². The Morgan fingerprint density at radius 1 is 1.26 bits per heavy atom. The van der Waals surface area contributed by atoms with Crippen molar-refractivity contribution in [1.82, 2.24) is 0 Å². The highest BCUT2D eigenvalue weighted by Gasteiger charge is 2.29. The second-order valence-electron chi connectivity index (χ2n) is 5.78. The minimum atomic E-state index is -0.375. The third kappa shape index (κ3) is 2.82. The van der Waals surface area contributed by atoms with Crippen LogP contribution in [0.25, 0.3) is 0 Å². The van der Waals surface area contributed by atoms with Crippen LogP contribution in [0.5, 0.6) is 0 Å². The highest BCUT2D eigenvalue weighted by atomic mass is 19.1. The topological polar surface area (TPSA) is 49.4 Å². The first-order valence-electron chi connectivity index (χ1n) is 7.45. The molecule has 0 radical (unpaired) electrons. The van der Waals surface area contributed by atoms with Crippen molar-refractivity contribution >= 4 is 23.2 Å². The van der Waals surface area contributed by atoms with Gasteiger partial charge in [0.25, 0.3) is 5.91 Å². The summed E-state index contributed by atoms with van der Waals surface area (Å²) in [7, 11) is 0. The number of halogens is 1. The zero-order valence-corrected chi connectivity index (χ0v) is 13.0. The SMILES string of the molecule is Cc1cc(F)ccc1C(=O)N1C[C@H](C)C(=O)Nc2ccccc21. The molecule has 1 aliphatic heterocycles. The van der Waals surface area contributed by atoms with Crippen molar-refractivity contribution in [1.29, 1.82) is 0 Å². The van der Waals surface area contributed by atoms with Crippen LogP contribution < -0.4 is 10.2 Å². The Morgan fingerprint density at radius 3 is 2.74 bits per heavy atom. The van der Waals surface area contributed by atoms with Gasteiger partial charge in [0, 0.05) is 12.1 Å². The molecule has 0 saturated heterocycles. The van der Waals surface area contributed by atoms with Crippen LogP contribution in [-0.2, 0) is 4.79 Å². The van der Waals surface area contributed by atoms with Crippen LogP contribution in [0, 0.1) is 18.7 Å². The van der Waals surface area contributed by atoms with E-state index in [1.54, 1.807) is 36.9 Å². The molecule has 0 aliphatic carbocycles. The molecule has 2 aromatic rings. The second-order valence-corrected chi connectivity index (χ2v) is 5.78. The first kappa shape index (κ1) is 15.2. The summed E-state index contributed by atoms with van der Waals surface area (Å²) >= 11 is 0. The lowest BCUT2D eigenvalue weighted by Crippen LogP contribution is -2.36. The normalized spacial score (nSPS) is 17.3. The van der Waals surface area contributed by atoms with E-state index in [1.165, 1.54) is 18.2 Å². The van der Waals surface area contributed by atoms with E-state index >= 15 is 0 Å². The predicted octanol–water partition coefficient (Wildman–Crippen LogP) is 3.37. The molecule has 0 fully saturated rings. The van der Waals surface area contributed by atoms with Crippen LogP contribution in [0.15, 0.2) is 42.5 Å². The highest BCUT2D eigenvalue weighted by Crippen LogP contribution is 2.31. The number of hydrogen-bond acceptors (Lipinski definition) is 2. The number of aryl methyl sites for hydroxylation is 1. The van der Waals surface area contributed by atoms with Crippen LogP contribution in [0.4, 0.5) is 15.8 Å². The number of para-hydroxylation sites is 2. The fraction of sp³-hybridized carbons (Fsp3) is 0.222. The molecule has 0 spiro atoms.